The van der Waals surface area contributed by atoms with E-state index >= 15 is 0 Å². The quantitative estimate of drug-likeness (QED) is 0.767. The van der Waals surface area contributed by atoms with Crippen molar-refractivity contribution in [3.63, 3.8) is 0 Å². The highest BCUT2D eigenvalue weighted by molar-refractivity contribution is 7.91. The Kier molecular flexibility index (Phi) is 5.54. The van der Waals surface area contributed by atoms with Crippen LogP contribution in [0.5, 0.6) is 0 Å². The molecule has 2 fully saturated rings. The molecule has 2 aliphatic rings. The van der Waals surface area contributed by atoms with Crippen LogP contribution in [0.2, 0.25) is 0 Å². The fourth-order valence-electron chi connectivity index (χ4n) is 4.14. The summed E-state index contributed by atoms with van der Waals surface area (Å²) in [5, 5.41) is 0. The molecule has 0 aliphatic carbocycles. The van der Waals surface area contributed by atoms with Crippen LogP contribution >= 0.6 is 0 Å². The van der Waals surface area contributed by atoms with E-state index in [1.807, 2.05) is 23.1 Å². The van der Waals surface area contributed by atoms with Crippen LogP contribution in [0.3, 0.4) is 0 Å². The number of amides is 1. The second kappa shape index (κ2) is 8.10. The van der Waals surface area contributed by atoms with Crippen molar-refractivity contribution in [2.45, 2.75) is 18.9 Å². The van der Waals surface area contributed by atoms with E-state index in [0.717, 1.165) is 11.4 Å². The van der Waals surface area contributed by atoms with E-state index in [4.69, 9.17) is 0 Å². The third-order valence-electron chi connectivity index (χ3n) is 5.80. The smallest absolute Gasteiger partial charge is 0.226 e. The molecular formula is C21H24FN3O3S. The van der Waals surface area contributed by atoms with Crippen molar-refractivity contribution in [2.24, 2.45) is 5.92 Å². The van der Waals surface area contributed by atoms with Gasteiger partial charge < -0.3 is 9.80 Å². The minimum absolute atomic E-state index is 0.00473. The molecule has 1 aromatic heterocycles. The molecule has 4 rings (SSSR count). The van der Waals surface area contributed by atoms with E-state index in [1.165, 1.54) is 12.1 Å². The fourth-order valence-corrected chi connectivity index (χ4v) is 5.63. The number of anilines is 1. The van der Waals surface area contributed by atoms with Crippen LogP contribution in [0.1, 0.15) is 24.4 Å². The zero-order valence-electron chi connectivity index (χ0n) is 16.1. The van der Waals surface area contributed by atoms with Gasteiger partial charge in [0.1, 0.15) is 21.5 Å². The Morgan fingerprint density at radius 1 is 1.03 bits per heavy atom. The number of carbonyl (C=O) groups excluding carboxylic acids is 1. The van der Waals surface area contributed by atoms with E-state index in [0.29, 0.717) is 32.5 Å². The van der Waals surface area contributed by atoms with E-state index in [1.54, 1.807) is 18.3 Å². The lowest BCUT2D eigenvalue weighted by atomic mass is 9.96. The number of halogens is 1. The molecule has 6 nitrogen and oxygen atoms in total. The summed E-state index contributed by atoms with van der Waals surface area (Å²) in [4.78, 5) is 21.7. The zero-order valence-corrected chi connectivity index (χ0v) is 16.9. The van der Waals surface area contributed by atoms with Crippen LogP contribution < -0.4 is 4.90 Å². The minimum atomic E-state index is -3.02. The lowest BCUT2D eigenvalue weighted by molar-refractivity contribution is -0.138. The molecule has 0 saturated carbocycles. The fraction of sp³-hybridized carbons (Fsp3) is 0.429. The van der Waals surface area contributed by atoms with Crippen molar-refractivity contribution in [1.82, 2.24) is 9.88 Å². The molecule has 2 saturated heterocycles. The van der Waals surface area contributed by atoms with E-state index < -0.39 is 9.84 Å². The molecule has 0 N–H and O–H groups in total. The predicted molar refractivity (Wildman–Crippen MR) is 109 cm³/mol. The summed E-state index contributed by atoms with van der Waals surface area (Å²) in [6.45, 7) is 1.71. The van der Waals surface area contributed by atoms with Crippen LogP contribution in [-0.4, -0.2) is 55.3 Å². The summed E-state index contributed by atoms with van der Waals surface area (Å²) >= 11 is 0. The third-order valence-corrected chi connectivity index (χ3v) is 7.51. The van der Waals surface area contributed by atoms with Crippen molar-refractivity contribution in [2.75, 3.05) is 36.0 Å². The predicted octanol–water partition coefficient (Wildman–Crippen LogP) is 2.44. The molecule has 1 unspecified atom stereocenters. The normalized spacial score (nSPS) is 22.4. The molecule has 1 atom stereocenters. The lowest BCUT2D eigenvalue weighted by Gasteiger charge is -2.43. The van der Waals surface area contributed by atoms with Gasteiger partial charge in [0.15, 0.2) is 0 Å². The average Bonchev–Trinajstić information content (AvgIpc) is 2.74. The Bertz CT molecular complexity index is 952. The summed E-state index contributed by atoms with van der Waals surface area (Å²) in [7, 11) is -3.02. The van der Waals surface area contributed by atoms with Gasteiger partial charge in [-0.1, -0.05) is 18.2 Å². The van der Waals surface area contributed by atoms with Crippen molar-refractivity contribution < 1.29 is 17.6 Å². The molecule has 1 amide bonds. The summed E-state index contributed by atoms with van der Waals surface area (Å²) in [6.07, 6.45) is 2.48. The van der Waals surface area contributed by atoms with E-state index in [2.05, 4.69) is 9.88 Å². The molecule has 1 aromatic carbocycles. The summed E-state index contributed by atoms with van der Waals surface area (Å²) < 4.78 is 36.9. The number of carbonyl (C=O) groups is 1. The number of benzene rings is 1. The van der Waals surface area contributed by atoms with Gasteiger partial charge in [-0.05, 0) is 42.7 Å². The molecule has 154 valence electrons. The summed E-state index contributed by atoms with van der Waals surface area (Å²) in [5.41, 5.74) is 0.865. The van der Waals surface area contributed by atoms with Crippen molar-refractivity contribution >= 4 is 21.6 Å². The van der Waals surface area contributed by atoms with Gasteiger partial charge in [-0.15, -0.1) is 0 Å². The Balaban J connectivity index is 1.58. The van der Waals surface area contributed by atoms with Crippen LogP contribution in [0, 0.1) is 11.7 Å². The third kappa shape index (κ3) is 4.42. The van der Waals surface area contributed by atoms with Crippen LogP contribution in [0.25, 0.3) is 0 Å². The van der Waals surface area contributed by atoms with Gasteiger partial charge in [0, 0.05) is 31.7 Å². The standard InChI is InChI=1S/C21H24FN3O3S/c22-18-6-4-16(5-7-18)19-15-24(20-3-1-2-10-23-20)11-12-25(19)21(26)17-8-13-29(27,28)14-9-17/h1-7,10,17,19H,8-9,11-15H2. The number of pyridine rings is 1. The van der Waals surface area contributed by atoms with Crippen LogP contribution in [0.15, 0.2) is 48.7 Å². The highest BCUT2D eigenvalue weighted by atomic mass is 32.2. The first-order chi connectivity index (χ1) is 13.9. The Labute approximate surface area is 170 Å². The maximum Gasteiger partial charge on any atom is 0.226 e. The van der Waals surface area contributed by atoms with Gasteiger partial charge >= 0.3 is 0 Å². The van der Waals surface area contributed by atoms with Crippen LogP contribution in [0.4, 0.5) is 10.2 Å². The highest BCUT2D eigenvalue weighted by Crippen LogP contribution is 2.31. The number of nitrogens with zero attached hydrogens (tertiary/aromatic N) is 3. The van der Waals surface area contributed by atoms with Crippen molar-refractivity contribution in [3.8, 4) is 0 Å². The van der Waals surface area contributed by atoms with E-state index in [9.17, 15) is 17.6 Å². The zero-order chi connectivity index (χ0) is 20.4. The lowest BCUT2D eigenvalue weighted by Crippen LogP contribution is -2.53. The van der Waals surface area contributed by atoms with Gasteiger partial charge in [-0.2, -0.15) is 0 Å². The SMILES string of the molecule is O=C(C1CCS(=O)(=O)CC1)N1CCN(c2ccccn2)CC1c1ccc(F)cc1. The highest BCUT2D eigenvalue weighted by Gasteiger charge is 2.37. The average molecular weight is 418 g/mol. The Morgan fingerprint density at radius 2 is 1.76 bits per heavy atom. The van der Waals surface area contributed by atoms with Gasteiger partial charge in [0.25, 0.3) is 0 Å². The van der Waals surface area contributed by atoms with Crippen LogP contribution in [-0.2, 0) is 14.6 Å². The van der Waals surface area contributed by atoms with Gasteiger partial charge in [-0.3, -0.25) is 4.79 Å². The number of piperazine rings is 1. The maximum absolute atomic E-state index is 13.5. The van der Waals surface area contributed by atoms with Gasteiger partial charge in [-0.25, -0.2) is 17.8 Å². The summed E-state index contributed by atoms with van der Waals surface area (Å²) in [6, 6.07) is 11.7. The maximum atomic E-state index is 13.5. The molecule has 2 aliphatic heterocycles. The first-order valence-corrected chi connectivity index (χ1v) is 11.7. The van der Waals surface area contributed by atoms with E-state index in [-0.39, 0.29) is 35.2 Å². The molecule has 3 heterocycles. The van der Waals surface area contributed by atoms with Gasteiger partial charge in [0.05, 0.1) is 17.5 Å². The first kappa shape index (κ1) is 19.8. The number of sulfone groups is 1. The number of hydrogen-bond donors (Lipinski definition) is 0. The monoisotopic (exact) mass is 417 g/mol. The largest absolute Gasteiger partial charge is 0.352 e. The first-order valence-electron chi connectivity index (χ1n) is 9.85. The molecule has 0 spiro atoms. The number of rotatable bonds is 3. The Hall–Kier alpha value is -2.48. The number of hydrogen-bond acceptors (Lipinski definition) is 5. The van der Waals surface area contributed by atoms with Crippen molar-refractivity contribution in [1.29, 1.82) is 0 Å². The molecular weight excluding hydrogens is 393 g/mol. The second-order valence-electron chi connectivity index (χ2n) is 7.66. The summed E-state index contributed by atoms with van der Waals surface area (Å²) in [5.74, 6) is 0.381. The van der Waals surface area contributed by atoms with Gasteiger partial charge in [0.2, 0.25) is 5.91 Å². The Morgan fingerprint density at radius 3 is 2.41 bits per heavy atom. The molecule has 0 bridgehead atoms. The number of aromatic nitrogens is 1. The molecule has 8 heteroatoms. The molecule has 29 heavy (non-hydrogen) atoms. The molecule has 0 radical (unpaired) electrons. The molecule has 2 aromatic rings. The van der Waals surface area contributed by atoms with Crippen molar-refractivity contribution in [3.05, 3.63) is 60.0 Å². The topological polar surface area (TPSA) is 70.6 Å². The second-order valence-corrected chi connectivity index (χ2v) is 9.96. The minimum Gasteiger partial charge on any atom is -0.352 e.